The van der Waals surface area contributed by atoms with E-state index in [0.717, 1.165) is 37.5 Å². The Morgan fingerprint density at radius 3 is 1.97 bits per heavy atom. The minimum absolute atomic E-state index is 0.180. The van der Waals surface area contributed by atoms with Gasteiger partial charge in [0.2, 0.25) is 0 Å². The van der Waals surface area contributed by atoms with Gasteiger partial charge in [-0.15, -0.1) is 0 Å². The van der Waals surface area contributed by atoms with Gasteiger partial charge in [-0.1, -0.05) is 90.9 Å². The summed E-state index contributed by atoms with van der Waals surface area (Å²) in [6, 6.07) is 0. The van der Waals surface area contributed by atoms with E-state index in [0.29, 0.717) is 6.61 Å². The van der Waals surface area contributed by atoms with Crippen molar-refractivity contribution in [2.24, 2.45) is 22.7 Å². The average molecular weight is 419 g/mol. The number of rotatable bonds is 10. The van der Waals surface area contributed by atoms with E-state index in [2.05, 4.69) is 13.8 Å². The zero-order valence-corrected chi connectivity index (χ0v) is 20.3. The number of unbranched alkanes of at least 4 members (excludes halogenated alkanes) is 4. The Bertz CT molecular complexity index is 491. The van der Waals surface area contributed by atoms with Crippen LogP contribution in [-0.4, -0.2) is 12.6 Å². The third kappa shape index (κ3) is 5.44. The van der Waals surface area contributed by atoms with Crippen LogP contribution in [-0.2, 0) is 9.53 Å². The summed E-state index contributed by atoms with van der Waals surface area (Å²) in [5.74, 6) is 2.10. The molecule has 2 nitrogen and oxygen atoms in total. The van der Waals surface area contributed by atoms with Crippen LogP contribution in [0.25, 0.3) is 0 Å². The lowest BCUT2D eigenvalue weighted by Gasteiger charge is -2.54. The van der Waals surface area contributed by atoms with Gasteiger partial charge in [-0.25, -0.2) is 0 Å². The van der Waals surface area contributed by atoms with Crippen LogP contribution in [0.4, 0.5) is 0 Å². The highest BCUT2D eigenvalue weighted by molar-refractivity contribution is 5.78. The predicted molar refractivity (Wildman–Crippen MR) is 126 cm³/mol. The van der Waals surface area contributed by atoms with Crippen LogP contribution >= 0.6 is 0 Å². The van der Waals surface area contributed by atoms with Crippen LogP contribution in [0.3, 0.4) is 0 Å². The van der Waals surface area contributed by atoms with Gasteiger partial charge in [0, 0.05) is 0 Å². The van der Waals surface area contributed by atoms with Crippen molar-refractivity contribution < 1.29 is 9.53 Å². The highest BCUT2D eigenvalue weighted by atomic mass is 16.5. The molecule has 0 unspecified atom stereocenters. The number of hydrogen-bond acceptors (Lipinski definition) is 2. The topological polar surface area (TPSA) is 26.3 Å². The summed E-state index contributed by atoms with van der Waals surface area (Å²) in [7, 11) is 0. The molecule has 0 aromatic rings. The quantitative estimate of drug-likeness (QED) is 0.262. The molecule has 30 heavy (non-hydrogen) atoms. The Morgan fingerprint density at radius 1 is 0.733 bits per heavy atom. The van der Waals surface area contributed by atoms with Crippen molar-refractivity contribution in [2.75, 3.05) is 6.61 Å². The van der Waals surface area contributed by atoms with Crippen LogP contribution in [0.5, 0.6) is 0 Å². The number of hydrogen-bond donors (Lipinski definition) is 0. The fourth-order valence-electron chi connectivity index (χ4n) is 7.56. The van der Waals surface area contributed by atoms with Gasteiger partial charge in [0.1, 0.15) is 0 Å². The van der Waals surface area contributed by atoms with Gasteiger partial charge < -0.3 is 4.74 Å². The Morgan fingerprint density at radius 2 is 1.33 bits per heavy atom. The molecule has 0 aromatic carbocycles. The fourth-order valence-corrected chi connectivity index (χ4v) is 7.56. The largest absolute Gasteiger partial charge is 0.465 e. The first-order valence-corrected chi connectivity index (χ1v) is 13.8. The molecule has 3 aliphatic carbocycles. The summed E-state index contributed by atoms with van der Waals surface area (Å²) in [5, 5.41) is 0. The molecule has 0 bridgehead atoms. The maximum atomic E-state index is 13.6. The zero-order chi connectivity index (χ0) is 21.3. The molecule has 0 aliphatic heterocycles. The molecule has 0 N–H and O–H groups in total. The summed E-state index contributed by atoms with van der Waals surface area (Å²) in [5.41, 5.74) is 0.0266. The van der Waals surface area contributed by atoms with Crippen molar-refractivity contribution in [3.63, 3.8) is 0 Å². The number of ether oxygens (including phenoxy) is 1. The molecule has 2 heteroatoms. The van der Waals surface area contributed by atoms with Gasteiger partial charge in [0.15, 0.2) is 0 Å². The molecule has 3 fully saturated rings. The maximum Gasteiger partial charge on any atom is 0.312 e. The van der Waals surface area contributed by atoms with Gasteiger partial charge in [0.05, 0.1) is 12.0 Å². The van der Waals surface area contributed by atoms with Crippen LogP contribution < -0.4 is 0 Å². The van der Waals surface area contributed by atoms with E-state index in [4.69, 9.17) is 4.74 Å². The maximum absolute atomic E-state index is 13.6. The Labute approximate surface area is 187 Å². The van der Waals surface area contributed by atoms with Gasteiger partial charge in [-0.3, -0.25) is 4.79 Å². The van der Waals surface area contributed by atoms with Crippen molar-refractivity contribution >= 4 is 5.97 Å². The first-order chi connectivity index (χ1) is 14.7. The van der Waals surface area contributed by atoms with E-state index < -0.39 is 0 Å². The first kappa shape index (κ1) is 24.1. The summed E-state index contributed by atoms with van der Waals surface area (Å²) in [6.07, 6.45) is 25.8. The third-order valence-corrected chi connectivity index (χ3v) is 9.57. The van der Waals surface area contributed by atoms with Crippen molar-refractivity contribution in [1.29, 1.82) is 0 Å². The lowest BCUT2D eigenvalue weighted by atomic mass is 9.49. The molecular weight excluding hydrogens is 368 g/mol. The molecule has 0 aromatic heterocycles. The van der Waals surface area contributed by atoms with Crippen molar-refractivity contribution in [3.05, 3.63) is 0 Å². The van der Waals surface area contributed by atoms with Gasteiger partial charge in [-0.2, -0.15) is 0 Å². The average Bonchev–Trinajstić information content (AvgIpc) is 2.82. The Balaban J connectivity index is 1.62. The lowest BCUT2D eigenvalue weighted by Crippen LogP contribution is -2.51. The minimum atomic E-state index is -0.180. The van der Waals surface area contributed by atoms with Gasteiger partial charge in [-0.05, 0) is 68.6 Å². The highest BCUT2D eigenvalue weighted by Gasteiger charge is 2.57. The van der Waals surface area contributed by atoms with E-state index in [-0.39, 0.29) is 16.8 Å². The molecule has 3 aliphatic rings. The van der Waals surface area contributed by atoms with E-state index in [1.807, 2.05) is 0 Å². The second kappa shape index (κ2) is 11.9. The van der Waals surface area contributed by atoms with E-state index in [1.54, 1.807) is 0 Å². The van der Waals surface area contributed by atoms with E-state index in [1.165, 1.54) is 103 Å². The lowest BCUT2D eigenvalue weighted by molar-refractivity contribution is -0.175. The predicted octanol–water partition coefficient (Wildman–Crippen LogP) is 8.62. The Hall–Kier alpha value is -0.530. The SMILES string of the molecule is CCCCCCCOC(=O)C1(C2(CC)CCC(C3CCCCC3)CC2)CCCCC1. The monoisotopic (exact) mass is 418 g/mol. The van der Waals surface area contributed by atoms with Gasteiger partial charge >= 0.3 is 5.97 Å². The summed E-state index contributed by atoms with van der Waals surface area (Å²) < 4.78 is 6.05. The smallest absolute Gasteiger partial charge is 0.312 e. The standard InChI is InChI=1S/C28H50O2/c1-3-5-6-7-14-23-30-26(29)28(19-12-9-13-20-28)27(4-2)21-17-25(18-22-27)24-15-10-8-11-16-24/h24-25H,3-23H2,1-2H3. The van der Waals surface area contributed by atoms with Crippen LogP contribution in [0.1, 0.15) is 142 Å². The highest BCUT2D eigenvalue weighted by Crippen LogP contribution is 2.60. The normalized spacial score (nSPS) is 30.1. The molecule has 0 saturated heterocycles. The second-order valence-corrected chi connectivity index (χ2v) is 11.1. The molecule has 3 saturated carbocycles. The van der Waals surface area contributed by atoms with Crippen molar-refractivity contribution in [2.45, 2.75) is 142 Å². The van der Waals surface area contributed by atoms with Crippen LogP contribution in [0.15, 0.2) is 0 Å². The first-order valence-electron chi connectivity index (χ1n) is 13.8. The molecule has 0 radical (unpaired) electrons. The molecule has 0 spiro atoms. The number of esters is 1. The molecule has 3 rings (SSSR count). The fraction of sp³-hybridized carbons (Fsp3) is 0.964. The Kier molecular flexibility index (Phi) is 9.58. The number of carbonyl (C=O) groups excluding carboxylic acids is 1. The molecule has 0 atom stereocenters. The van der Waals surface area contributed by atoms with Gasteiger partial charge in [0.25, 0.3) is 0 Å². The van der Waals surface area contributed by atoms with Crippen molar-refractivity contribution in [1.82, 2.24) is 0 Å². The van der Waals surface area contributed by atoms with Crippen LogP contribution in [0, 0.1) is 22.7 Å². The zero-order valence-electron chi connectivity index (χ0n) is 20.3. The molecular formula is C28H50O2. The van der Waals surface area contributed by atoms with Crippen LogP contribution in [0.2, 0.25) is 0 Å². The molecule has 174 valence electrons. The van der Waals surface area contributed by atoms with Crippen molar-refractivity contribution in [3.8, 4) is 0 Å². The summed E-state index contributed by atoms with van der Waals surface area (Å²) in [4.78, 5) is 13.6. The van der Waals surface area contributed by atoms with E-state index >= 15 is 0 Å². The second-order valence-electron chi connectivity index (χ2n) is 11.1. The third-order valence-electron chi connectivity index (χ3n) is 9.57. The minimum Gasteiger partial charge on any atom is -0.465 e. The van der Waals surface area contributed by atoms with E-state index in [9.17, 15) is 4.79 Å². The summed E-state index contributed by atoms with van der Waals surface area (Å²) in [6.45, 7) is 5.27. The molecule has 0 heterocycles. The number of carbonyl (C=O) groups is 1. The summed E-state index contributed by atoms with van der Waals surface area (Å²) >= 11 is 0. The molecule has 0 amide bonds.